The summed E-state index contributed by atoms with van der Waals surface area (Å²) in [6.07, 6.45) is 1.25. The highest BCUT2D eigenvalue weighted by molar-refractivity contribution is 9.11. The van der Waals surface area contributed by atoms with Crippen LogP contribution in [-0.4, -0.2) is 23.8 Å². The van der Waals surface area contributed by atoms with Gasteiger partial charge in [0, 0.05) is 22.0 Å². The van der Waals surface area contributed by atoms with Crippen LogP contribution in [0.3, 0.4) is 0 Å². The molecule has 7 nitrogen and oxygen atoms in total. The van der Waals surface area contributed by atoms with Gasteiger partial charge in [0.25, 0.3) is 11.8 Å². The zero-order valence-corrected chi connectivity index (χ0v) is 18.6. The summed E-state index contributed by atoms with van der Waals surface area (Å²) in [6, 6.07) is 8.32. The minimum atomic E-state index is -0.880. The second-order valence-electron chi connectivity index (χ2n) is 5.83. The van der Waals surface area contributed by atoms with Crippen LogP contribution in [0.25, 0.3) is 6.08 Å². The molecule has 0 unspecified atom stereocenters. The van der Waals surface area contributed by atoms with E-state index in [-0.39, 0.29) is 22.6 Å². The van der Waals surface area contributed by atoms with Gasteiger partial charge in [0.1, 0.15) is 5.57 Å². The Labute approximate surface area is 186 Å². The third-order valence-electron chi connectivity index (χ3n) is 3.77. The summed E-state index contributed by atoms with van der Waals surface area (Å²) in [7, 11) is 0. The second kappa shape index (κ2) is 8.48. The maximum Gasteiger partial charge on any atom is 0.335 e. The minimum absolute atomic E-state index is 0.128. The fourth-order valence-electron chi connectivity index (χ4n) is 2.58. The summed E-state index contributed by atoms with van der Waals surface area (Å²) in [5.74, 6) is -2.14. The van der Waals surface area contributed by atoms with Gasteiger partial charge in [0.15, 0.2) is 5.75 Å². The lowest BCUT2D eigenvalue weighted by Crippen LogP contribution is -2.54. The molecule has 0 spiro atoms. The van der Waals surface area contributed by atoms with E-state index in [2.05, 4.69) is 37.2 Å². The van der Waals surface area contributed by atoms with Crippen molar-refractivity contribution in [1.82, 2.24) is 5.32 Å². The number of barbiturate groups is 1. The molecule has 1 saturated heterocycles. The number of anilines is 1. The number of carbonyl (C=O) groups is 4. The molecule has 1 heterocycles. The molecule has 4 amide bonds. The maximum atomic E-state index is 13.0. The van der Waals surface area contributed by atoms with Gasteiger partial charge in [-0.3, -0.25) is 19.7 Å². The van der Waals surface area contributed by atoms with E-state index in [9.17, 15) is 19.2 Å². The normalized spacial score (nSPS) is 15.5. The molecular weight excluding hydrogens is 531 g/mol. The molecule has 10 heteroatoms. The summed E-state index contributed by atoms with van der Waals surface area (Å²) in [5.41, 5.74) is 0.217. The second-order valence-corrected chi connectivity index (χ2v) is 8.04. The average molecular weight is 543 g/mol. The van der Waals surface area contributed by atoms with Crippen molar-refractivity contribution in [2.75, 3.05) is 4.90 Å². The largest absolute Gasteiger partial charge is 0.425 e. The molecule has 29 heavy (non-hydrogen) atoms. The average Bonchev–Trinajstić information content (AvgIpc) is 2.62. The van der Waals surface area contributed by atoms with Gasteiger partial charge >= 0.3 is 12.0 Å². The van der Waals surface area contributed by atoms with Gasteiger partial charge in [-0.25, -0.2) is 9.69 Å². The summed E-state index contributed by atoms with van der Waals surface area (Å²) in [5, 5.41) is 2.55. The highest BCUT2D eigenvalue weighted by Crippen LogP contribution is 2.35. The van der Waals surface area contributed by atoms with Crippen LogP contribution in [-0.2, 0) is 14.4 Å². The van der Waals surface area contributed by atoms with Gasteiger partial charge in [0.05, 0.1) is 10.2 Å². The van der Waals surface area contributed by atoms with Gasteiger partial charge in [-0.05, 0) is 58.4 Å². The first-order chi connectivity index (χ1) is 13.7. The number of amides is 4. The van der Waals surface area contributed by atoms with Crippen molar-refractivity contribution in [3.8, 4) is 5.75 Å². The molecule has 0 bridgehead atoms. The lowest BCUT2D eigenvalue weighted by molar-refractivity contribution is -0.132. The number of nitrogens with one attached hydrogen (secondary N) is 1. The molecule has 3 rings (SSSR count). The predicted molar refractivity (Wildman–Crippen MR) is 114 cm³/mol. The Morgan fingerprint density at radius 1 is 1.14 bits per heavy atom. The van der Waals surface area contributed by atoms with E-state index < -0.39 is 23.8 Å². The third-order valence-corrected chi connectivity index (χ3v) is 5.07. The van der Waals surface area contributed by atoms with Crippen LogP contribution in [0.15, 0.2) is 50.9 Å². The van der Waals surface area contributed by atoms with Crippen LogP contribution in [0.2, 0.25) is 5.02 Å². The van der Waals surface area contributed by atoms with Gasteiger partial charge in [0.2, 0.25) is 0 Å². The highest BCUT2D eigenvalue weighted by atomic mass is 79.9. The van der Waals surface area contributed by atoms with Crippen LogP contribution in [0.5, 0.6) is 5.75 Å². The van der Waals surface area contributed by atoms with Crippen LogP contribution in [0.4, 0.5) is 10.5 Å². The molecular formula is C19H11Br2ClN2O5. The van der Waals surface area contributed by atoms with E-state index in [1.165, 1.54) is 37.3 Å². The smallest absolute Gasteiger partial charge is 0.335 e. The lowest BCUT2D eigenvalue weighted by atomic mass is 10.1. The number of imide groups is 2. The Morgan fingerprint density at radius 2 is 1.79 bits per heavy atom. The molecule has 1 N–H and O–H groups in total. The van der Waals surface area contributed by atoms with E-state index in [1.807, 2.05) is 0 Å². The minimum Gasteiger partial charge on any atom is -0.425 e. The van der Waals surface area contributed by atoms with Crippen molar-refractivity contribution < 1.29 is 23.9 Å². The molecule has 0 radical (unpaired) electrons. The van der Waals surface area contributed by atoms with Crippen LogP contribution < -0.4 is 15.0 Å². The quantitative estimate of drug-likeness (QED) is 0.268. The van der Waals surface area contributed by atoms with Crippen LogP contribution >= 0.6 is 43.5 Å². The zero-order valence-electron chi connectivity index (χ0n) is 14.7. The van der Waals surface area contributed by atoms with Crippen LogP contribution in [0, 0.1) is 0 Å². The number of esters is 1. The third kappa shape index (κ3) is 4.58. The van der Waals surface area contributed by atoms with Gasteiger partial charge < -0.3 is 4.74 Å². The molecule has 0 aliphatic carbocycles. The number of carbonyl (C=O) groups excluding carboxylic acids is 4. The number of nitrogens with zero attached hydrogens (tertiary/aromatic N) is 1. The lowest BCUT2D eigenvalue weighted by Gasteiger charge is -2.26. The molecule has 1 aliphatic rings. The molecule has 2 aromatic carbocycles. The van der Waals surface area contributed by atoms with Gasteiger partial charge in [-0.15, -0.1) is 0 Å². The first kappa shape index (κ1) is 21.2. The van der Waals surface area contributed by atoms with E-state index in [0.29, 0.717) is 14.0 Å². The Kier molecular flexibility index (Phi) is 6.21. The van der Waals surface area contributed by atoms with E-state index in [0.717, 1.165) is 4.90 Å². The standard InChI is InChI=1S/C19H11Br2ClN2O5/c1-9(25)29-16-10(6-11(20)8-15(16)21)7-14-17(26)23-19(28)24(18(14)27)13-4-2-12(22)3-5-13/h2-8H,1H3,(H,23,26,28)/b14-7-. The molecule has 0 atom stereocenters. The molecule has 0 saturated carbocycles. The van der Waals surface area contributed by atoms with Crippen molar-refractivity contribution in [1.29, 1.82) is 0 Å². The summed E-state index contributed by atoms with van der Waals surface area (Å²) in [6.45, 7) is 1.23. The van der Waals surface area contributed by atoms with Crippen molar-refractivity contribution in [3.05, 3.63) is 61.5 Å². The summed E-state index contributed by atoms with van der Waals surface area (Å²) in [4.78, 5) is 49.8. The van der Waals surface area contributed by atoms with Crippen LogP contribution in [0.1, 0.15) is 12.5 Å². The number of benzene rings is 2. The number of hydrogen-bond donors (Lipinski definition) is 1. The van der Waals surface area contributed by atoms with Gasteiger partial charge in [-0.2, -0.15) is 0 Å². The Bertz CT molecular complexity index is 1080. The highest BCUT2D eigenvalue weighted by Gasteiger charge is 2.37. The summed E-state index contributed by atoms with van der Waals surface area (Å²) < 4.78 is 6.25. The Morgan fingerprint density at radius 3 is 2.41 bits per heavy atom. The van der Waals surface area contributed by atoms with Crippen molar-refractivity contribution in [2.24, 2.45) is 0 Å². The zero-order chi connectivity index (χ0) is 21.3. The SMILES string of the molecule is CC(=O)Oc1c(Br)cc(Br)cc1/C=C1/C(=O)NC(=O)N(c2ccc(Cl)cc2)C1=O. The topological polar surface area (TPSA) is 92.8 Å². The fourth-order valence-corrected chi connectivity index (χ4v) is 4.04. The van der Waals surface area contributed by atoms with E-state index >= 15 is 0 Å². The molecule has 0 aromatic heterocycles. The first-order valence-electron chi connectivity index (χ1n) is 8.02. The van der Waals surface area contributed by atoms with Crippen molar-refractivity contribution in [3.63, 3.8) is 0 Å². The number of rotatable bonds is 3. The molecule has 1 aliphatic heterocycles. The predicted octanol–water partition coefficient (Wildman–Crippen LogP) is 4.46. The molecule has 1 fully saturated rings. The summed E-state index contributed by atoms with van der Waals surface area (Å²) >= 11 is 12.4. The van der Waals surface area contributed by atoms with Gasteiger partial charge in [-0.1, -0.05) is 27.5 Å². The Balaban J connectivity index is 2.10. The number of halogens is 3. The first-order valence-corrected chi connectivity index (χ1v) is 9.98. The van der Waals surface area contributed by atoms with E-state index in [1.54, 1.807) is 12.1 Å². The maximum absolute atomic E-state index is 13.0. The molecule has 148 valence electrons. The van der Waals surface area contributed by atoms with Crippen molar-refractivity contribution >= 4 is 79.0 Å². The number of hydrogen-bond acceptors (Lipinski definition) is 5. The Hall–Kier alpha value is -2.49. The number of ether oxygens (including phenoxy) is 1. The van der Waals surface area contributed by atoms with E-state index in [4.69, 9.17) is 16.3 Å². The molecule has 2 aromatic rings. The fraction of sp³-hybridized carbons (Fsp3) is 0.0526. The monoisotopic (exact) mass is 540 g/mol. The van der Waals surface area contributed by atoms with Crippen molar-refractivity contribution in [2.45, 2.75) is 6.92 Å². The number of urea groups is 1.